The Hall–Kier alpha value is -4.34. The van der Waals surface area contributed by atoms with E-state index in [-0.39, 0.29) is 5.69 Å². The van der Waals surface area contributed by atoms with Gasteiger partial charge in [-0.15, -0.1) is 0 Å². The Bertz CT molecular complexity index is 1300. The largest absolute Gasteiger partial charge is 0.465 e. The number of aromatic nitrogens is 2. The molecule has 1 fully saturated rings. The number of cyclic esters (lactones) is 1. The molecule has 1 aromatic heterocycles. The summed E-state index contributed by atoms with van der Waals surface area (Å²) in [5.74, 6) is -2.12. The van der Waals surface area contributed by atoms with Crippen LogP contribution in [0.1, 0.15) is 35.4 Å². The number of carbonyl (C=O) groups is 3. The molecular weight excluding hydrogens is 426 g/mol. The molecule has 0 unspecified atom stereocenters. The molecule has 2 atom stereocenters. The average molecular weight is 447 g/mol. The first-order valence-corrected chi connectivity index (χ1v) is 10.3. The minimum Gasteiger partial charge on any atom is -0.465 e. The highest BCUT2D eigenvalue weighted by atomic mass is 16.5. The molecule has 3 N–H and O–H groups in total. The zero-order valence-electron chi connectivity index (χ0n) is 17.7. The number of rotatable bonds is 6. The van der Waals surface area contributed by atoms with Crippen molar-refractivity contribution in [1.82, 2.24) is 20.9 Å². The van der Waals surface area contributed by atoms with Crippen LogP contribution in [0.4, 0.5) is 0 Å². The van der Waals surface area contributed by atoms with E-state index in [0.29, 0.717) is 35.1 Å². The number of benzene rings is 2. The van der Waals surface area contributed by atoms with Crippen LogP contribution in [-0.2, 0) is 14.3 Å². The van der Waals surface area contributed by atoms with E-state index in [1.54, 1.807) is 61.5 Å². The fourth-order valence-corrected chi connectivity index (χ4v) is 3.58. The SMILES string of the molecule is C/C(=N/NC(=O)[C@H](NC(=O)c1ccccc1)c1n[nH]c(=O)c2ccccc12)[C@@H]1CCOC1=O. The minimum absolute atomic E-state index is 0.153. The van der Waals surface area contributed by atoms with Gasteiger partial charge in [-0.1, -0.05) is 36.4 Å². The number of carbonyl (C=O) groups excluding carboxylic acids is 3. The molecule has 0 bridgehead atoms. The van der Waals surface area contributed by atoms with E-state index in [1.165, 1.54) is 0 Å². The number of amides is 2. The number of aromatic amines is 1. The quantitative estimate of drug-likeness (QED) is 0.297. The van der Waals surface area contributed by atoms with E-state index in [0.717, 1.165) is 0 Å². The van der Waals surface area contributed by atoms with Crippen molar-refractivity contribution in [2.75, 3.05) is 6.61 Å². The number of ether oxygens (including phenoxy) is 1. The molecule has 4 rings (SSSR count). The smallest absolute Gasteiger partial charge is 0.314 e. The summed E-state index contributed by atoms with van der Waals surface area (Å²) in [4.78, 5) is 50.0. The van der Waals surface area contributed by atoms with E-state index in [4.69, 9.17) is 4.74 Å². The van der Waals surface area contributed by atoms with Crippen LogP contribution in [-0.4, -0.2) is 40.3 Å². The van der Waals surface area contributed by atoms with Crippen molar-refractivity contribution in [2.45, 2.75) is 19.4 Å². The number of hydrazone groups is 1. The van der Waals surface area contributed by atoms with Crippen LogP contribution in [0.3, 0.4) is 0 Å². The van der Waals surface area contributed by atoms with Crippen LogP contribution >= 0.6 is 0 Å². The Labute approximate surface area is 188 Å². The highest BCUT2D eigenvalue weighted by Gasteiger charge is 2.31. The number of fused-ring (bicyclic) bond motifs is 1. The first kappa shape index (κ1) is 21.9. The fourth-order valence-electron chi connectivity index (χ4n) is 3.58. The second-order valence-corrected chi connectivity index (χ2v) is 7.49. The number of H-pyrrole nitrogens is 1. The minimum atomic E-state index is -1.27. The molecule has 168 valence electrons. The molecule has 10 nitrogen and oxygen atoms in total. The van der Waals surface area contributed by atoms with Crippen molar-refractivity contribution >= 4 is 34.3 Å². The summed E-state index contributed by atoms with van der Waals surface area (Å²) in [6.07, 6.45) is 0.477. The summed E-state index contributed by atoms with van der Waals surface area (Å²) in [7, 11) is 0. The van der Waals surface area contributed by atoms with Crippen molar-refractivity contribution in [3.63, 3.8) is 0 Å². The third kappa shape index (κ3) is 4.64. The van der Waals surface area contributed by atoms with Crippen molar-refractivity contribution in [2.24, 2.45) is 11.0 Å². The van der Waals surface area contributed by atoms with Gasteiger partial charge in [-0.25, -0.2) is 10.5 Å². The molecule has 1 aliphatic rings. The Morgan fingerprint density at radius 1 is 1.09 bits per heavy atom. The van der Waals surface area contributed by atoms with Gasteiger partial charge in [0.05, 0.1) is 17.9 Å². The predicted molar refractivity (Wildman–Crippen MR) is 119 cm³/mol. The maximum atomic E-state index is 13.2. The van der Waals surface area contributed by atoms with Gasteiger partial charge in [0.2, 0.25) is 0 Å². The van der Waals surface area contributed by atoms with Gasteiger partial charge < -0.3 is 10.1 Å². The van der Waals surface area contributed by atoms with E-state index < -0.39 is 35.3 Å². The maximum Gasteiger partial charge on any atom is 0.314 e. The number of hydrogen-bond acceptors (Lipinski definition) is 7. The lowest BCUT2D eigenvalue weighted by atomic mass is 10.0. The topological polar surface area (TPSA) is 143 Å². The maximum absolute atomic E-state index is 13.2. The Balaban J connectivity index is 1.68. The molecule has 1 aliphatic heterocycles. The van der Waals surface area contributed by atoms with Crippen LogP contribution < -0.4 is 16.3 Å². The van der Waals surface area contributed by atoms with Gasteiger partial charge in [0.1, 0.15) is 5.69 Å². The lowest BCUT2D eigenvalue weighted by Gasteiger charge is -2.18. The van der Waals surface area contributed by atoms with E-state index in [1.807, 2.05) is 0 Å². The molecule has 0 radical (unpaired) electrons. The van der Waals surface area contributed by atoms with Gasteiger partial charge in [0.15, 0.2) is 6.04 Å². The van der Waals surface area contributed by atoms with Gasteiger partial charge >= 0.3 is 5.97 Å². The van der Waals surface area contributed by atoms with Crippen LogP contribution in [0.25, 0.3) is 10.8 Å². The zero-order valence-corrected chi connectivity index (χ0v) is 17.7. The summed E-state index contributed by atoms with van der Waals surface area (Å²) in [6, 6.07) is 13.7. The normalized spacial score (nSPS) is 16.8. The van der Waals surface area contributed by atoms with E-state index in [2.05, 4.69) is 26.0 Å². The third-order valence-corrected chi connectivity index (χ3v) is 5.35. The highest BCUT2D eigenvalue weighted by Crippen LogP contribution is 2.21. The zero-order chi connectivity index (χ0) is 23.4. The molecule has 2 heterocycles. The molecule has 33 heavy (non-hydrogen) atoms. The van der Waals surface area contributed by atoms with Crippen LogP contribution in [0.5, 0.6) is 0 Å². The molecule has 3 aromatic rings. The van der Waals surface area contributed by atoms with Crippen molar-refractivity contribution < 1.29 is 19.1 Å². The second kappa shape index (κ2) is 9.43. The van der Waals surface area contributed by atoms with Crippen molar-refractivity contribution in [3.8, 4) is 0 Å². The summed E-state index contributed by atoms with van der Waals surface area (Å²) < 4.78 is 4.94. The van der Waals surface area contributed by atoms with E-state index in [9.17, 15) is 19.2 Å². The summed E-state index contributed by atoms with van der Waals surface area (Å²) in [5.41, 5.74) is 2.87. The third-order valence-electron chi connectivity index (χ3n) is 5.35. The number of esters is 1. The van der Waals surface area contributed by atoms with Crippen LogP contribution in [0.15, 0.2) is 64.5 Å². The first-order valence-electron chi connectivity index (χ1n) is 10.3. The van der Waals surface area contributed by atoms with Crippen molar-refractivity contribution in [1.29, 1.82) is 0 Å². The molecule has 0 saturated carbocycles. The Morgan fingerprint density at radius 2 is 1.79 bits per heavy atom. The fraction of sp³-hybridized carbons (Fsp3) is 0.217. The highest BCUT2D eigenvalue weighted by molar-refractivity contribution is 6.03. The summed E-state index contributed by atoms with van der Waals surface area (Å²) >= 11 is 0. The Kier molecular flexibility index (Phi) is 6.25. The molecule has 2 amide bonds. The monoisotopic (exact) mass is 447 g/mol. The van der Waals surface area contributed by atoms with Gasteiger partial charge in [-0.05, 0) is 25.1 Å². The molecule has 2 aromatic carbocycles. The molecule has 0 aliphatic carbocycles. The molecular formula is C23H21N5O5. The predicted octanol–water partition coefficient (Wildman–Crippen LogP) is 1.45. The molecule has 1 saturated heterocycles. The van der Waals surface area contributed by atoms with E-state index >= 15 is 0 Å². The molecule has 0 spiro atoms. The number of nitrogens with one attached hydrogen (secondary N) is 3. The van der Waals surface area contributed by atoms with Gasteiger partial charge in [0, 0.05) is 23.1 Å². The molecule has 10 heteroatoms. The standard InChI is InChI=1S/C23H21N5O5/c1-13(15-11-12-33-23(15)32)25-28-22(31)19(24-20(29)14-7-3-2-4-8-14)18-16-9-5-6-10-17(16)21(30)27-26-18/h2-10,15,19H,11-12H2,1H3,(H,24,29)(H,27,30)(H,28,31)/b25-13-/t15-,19+/m0/s1. The summed E-state index contributed by atoms with van der Waals surface area (Å²) in [5, 5.41) is 13.9. The van der Waals surface area contributed by atoms with Crippen LogP contribution in [0, 0.1) is 5.92 Å². The first-order chi connectivity index (χ1) is 16.0. The second-order valence-electron chi connectivity index (χ2n) is 7.49. The van der Waals surface area contributed by atoms with Gasteiger partial charge in [0.25, 0.3) is 17.4 Å². The lowest BCUT2D eigenvalue weighted by molar-refractivity contribution is -0.139. The number of hydrogen-bond donors (Lipinski definition) is 3. The summed E-state index contributed by atoms with van der Waals surface area (Å²) in [6.45, 7) is 1.91. The van der Waals surface area contributed by atoms with Crippen LogP contribution in [0.2, 0.25) is 0 Å². The number of nitrogens with zero attached hydrogens (tertiary/aromatic N) is 2. The van der Waals surface area contributed by atoms with Gasteiger partial charge in [-0.2, -0.15) is 10.2 Å². The lowest BCUT2D eigenvalue weighted by Crippen LogP contribution is -2.40. The Morgan fingerprint density at radius 3 is 2.48 bits per heavy atom. The average Bonchev–Trinajstić information content (AvgIpc) is 3.28. The van der Waals surface area contributed by atoms with Crippen molar-refractivity contribution in [3.05, 3.63) is 76.2 Å². The van der Waals surface area contributed by atoms with Gasteiger partial charge in [-0.3, -0.25) is 19.2 Å².